The highest BCUT2D eigenvalue weighted by Gasteiger charge is 2.12. The van der Waals surface area contributed by atoms with Gasteiger partial charge in [-0.1, -0.05) is 24.3 Å². The average molecular weight is 422 g/mol. The van der Waals surface area contributed by atoms with E-state index >= 15 is 0 Å². The minimum atomic E-state index is -0.403. The van der Waals surface area contributed by atoms with Crippen LogP contribution in [0.4, 0.5) is 34.1 Å². The van der Waals surface area contributed by atoms with Crippen molar-refractivity contribution in [2.45, 2.75) is 0 Å². The van der Waals surface area contributed by atoms with Crippen molar-refractivity contribution in [2.75, 3.05) is 16.4 Å². The topological polar surface area (TPSA) is 98.4 Å². The first kappa shape index (κ1) is 20.7. The molecule has 0 saturated heterocycles. The van der Waals surface area contributed by atoms with Gasteiger partial charge < -0.3 is 16.4 Å². The highest BCUT2D eigenvalue weighted by Crippen LogP contribution is 2.35. The van der Waals surface area contributed by atoms with Gasteiger partial charge in [0.05, 0.1) is 4.92 Å². The highest BCUT2D eigenvalue weighted by atomic mass is 16.6. The van der Waals surface area contributed by atoms with Crippen LogP contribution in [0.15, 0.2) is 97.1 Å². The number of nitro benzene ring substituents is 1. The van der Waals surface area contributed by atoms with Crippen LogP contribution in [0.3, 0.4) is 0 Å². The van der Waals surface area contributed by atoms with Gasteiger partial charge in [0.15, 0.2) is 0 Å². The van der Waals surface area contributed by atoms with Crippen LogP contribution < -0.4 is 16.4 Å². The molecule has 32 heavy (non-hydrogen) atoms. The third kappa shape index (κ3) is 4.76. The van der Waals surface area contributed by atoms with Gasteiger partial charge >= 0.3 is 0 Å². The molecule has 6 nitrogen and oxygen atoms in total. The van der Waals surface area contributed by atoms with Crippen LogP contribution in [0.5, 0.6) is 0 Å². The Hall–Kier alpha value is -4.58. The molecule has 0 aliphatic carbocycles. The minimum Gasteiger partial charge on any atom is -0.399 e. The van der Waals surface area contributed by atoms with Gasteiger partial charge in [0, 0.05) is 40.6 Å². The summed E-state index contributed by atoms with van der Waals surface area (Å²) in [5, 5.41) is 10.8. The van der Waals surface area contributed by atoms with Crippen molar-refractivity contribution < 1.29 is 4.92 Å². The van der Waals surface area contributed by atoms with Gasteiger partial charge in [-0.3, -0.25) is 10.1 Å². The van der Waals surface area contributed by atoms with Gasteiger partial charge in [-0.25, -0.2) is 0 Å². The molecule has 0 aromatic heterocycles. The van der Waals surface area contributed by atoms with E-state index in [0.29, 0.717) is 11.4 Å². The summed E-state index contributed by atoms with van der Waals surface area (Å²) < 4.78 is 0. The van der Waals surface area contributed by atoms with Crippen LogP contribution >= 0.6 is 0 Å². The number of anilines is 5. The SMILES string of the molecule is Nc1ccc(N(c2ccc(N)cc2)c2ccc(/C=C/c3ccc([N+](=O)[O-])cc3)cc2)cc1. The predicted octanol–water partition coefficient (Wildman–Crippen LogP) is 6.40. The molecule has 0 aliphatic rings. The lowest BCUT2D eigenvalue weighted by Crippen LogP contribution is -2.10. The lowest BCUT2D eigenvalue weighted by molar-refractivity contribution is -0.384. The molecule has 0 aliphatic heterocycles. The molecule has 0 spiro atoms. The molecule has 0 radical (unpaired) electrons. The van der Waals surface area contributed by atoms with Crippen molar-refractivity contribution in [2.24, 2.45) is 0 Å². The molecule has 0 heterocycles. The van der Waals surface area contributed by atoms with Crippen molar-refractivity contribution in [3.63, 3.8) is 0 Å². The molecule has 158 valence electrons. The molecular formula is C26H22N4O2. The predicted molar refractivity (Wildman–Crippen MR) is 132 cm³/mol. The first-order valence-corrected chi connectivity index (χ1v) is 10.0. The summed E-state index contributed by atoms with van der Waals surface area (Å²) in [6, 6.07) is 30.0. The summed E-state index contributed by atoms with van der Waals surface area (Å²) in [6.45, 7) is 0. The van der Waals surface area contributed by atoms with Crippen LogP contribution in [-0.2, 0) is 0 Å². The Morgan fingerprint density at radius 1 is 0.594 bits per heavy atom. The van der Waals surface area contributed by atoms with E-state index in [1.165, 1.54) is 12.1 Å². The van der Waals surface area contributed by atoms with Crippen LogP contribution in [0, 0.1) is 10.1 Å². The summed E-state index contributed by atoms with van der Waals surface area (Å²) in [5.74, 6) is 0. The normalized spacial score (nSPS) is 10.9. The minimum absolute atomic E-state index is 0.0805. The van der Waals surface area contributed by atoms with E-state index < -0.39 is 4.92 Å². The van der Waals surface area contributed by atoms with Gasteiger partial charge in [-0.2, -0.15) is 0 Å². The molecule has 0 bridgehead atoms. The maximum atomic E-state index is 10.8. The van der Waals surface area contributed by atoms with Crippen LogP contribution in [-0.4, -0.2) is 4.92 Å². The summed E-state index contributed by atoms with van der Waals surface area (Å²) >= 11 is 0. The summed E-state index contributed by atoms with van der Waals surface area (Å²) in [7, 11) is 0. The van der Waals surface area contributed by atoms with E-state index in [1.54, 1.807) is 12.1 Å². The zero-order valence-electron chi connectivity index (χ0n) is 17.3. The van der Waals surface area contributed by atoms with Crippen molar-refractivity contribution in [3.8, 4) is 0 Å². The van der Waals surface area contributed by atoms with Crippen LogP contribution in [0.2, 0.25) is 0 Å². The van der Waals surface area contributed by atoms with Gasteiger partial charge in [0.1, 0.15) is 0 Å². The lowest BCUT2D eigenvalue weighted by Gasteiger charge is -2.25. The number of hydrogen-bond acceptors (Lipinski definition) is 5. The maximum Gasteiger partial charge on any atom is 0.269 e. The van der Waals surface area contributed by atoms with Crippen LogP contribution in [0.25, 0.3) is 12.2 Å². The fourth-order valence-electron chi connectivity index (χ4n) is 3.33. The molecule has 0 unspecified atom stereocenters. The number of benzene rings is 4. The van der Waals surface area contributed by atoms with E-state index in [1.807, 2.05) is 84.9 Å². The molecule has 0 amide bonds. The smallest absolute Gasteiger partial charge is 0.269 e. The number of nitrogens with two attached hydrogens (primary N) is 2. The Labute approximate surface area is 186 Å². The number of rotatable bonds is 6. The molecule has 4 aromatic rings. The largest absolute Gasteiger partial charge is 0.399 e. The first-order valence-electron chi connectivity index (χ1n) is 10.0. The molecule has 0 fully saturated rings. The molecule has 4 N–H and O–H groups in total. The zero-order valence-corrected chi connectivity index (χ0v) is 17.3. The second kappa shape index (κ2) is 9.06. The van der Waals surface area contributed by atoms with Crippen molar-refractivity contribution in [1.29, 1.82) is 0 Å². The Morgan fingerprint density at radius 2 is 0.938 bits per heavy atom. The molecule has 4 rings (SSSR count). The summed E-state index contributed by atoms with van der Waals surface area (Å²) in [4.78, 5) is 12.5. The number of nitrogen functional groups attached to an aromatic ring is 2. The Bertz CT molecular complexity index is 1190. The van der Waals surface area contributed by atoms with Gasteiger partial charge in [-0.05, 0) is 83.9 Å². The fourth-order valence-corrected chi connectivity index (χ4v) is 3.33. The zero-order chi connectivity index (χ0) is 22.5. The fraction of sp³-hybridized carbons (Fsp3) is 0. The van der Waals surface area contributed by atoms with E-state index in [9.17, 15) is 10.1 Å². The van der Waals surface area contributed by atoms with E-state index in [-0.39, 0.29) is 5.69 Å². The Kier molecular flexibility index (Phi) is 5.85. The standard InChI is InChI=1S/C26H22N4O2/c27-21-7-15-24(16-8-21)29(25-17-9-22(28)10-18-25)23-11-3-19(4-12-23)1-2-20-5-13-26(14-6-20)30(31)32/h1-18H,27-28H2/b2-1+. The molecule has 0 atom stereocenters. The third-order valence-corrected chi connectivity index (χ3v) is 5.03. The molecule has 4 aromatic carbocycles. The number of nitrogens with zero attached hydrogens (tertiary/aromatic N) is 2. The van der Waals surface area contributed by atoms with Crippen LogP contribution in [0.1, 0.15) is 11.1 Å². The second-order valence-corrected chi connectivity index (χ2v) is 7.29. The number of non-ortho nitro benzene ring substituents is 1. The maximum absolute atomic E-state index is 10.8. The van der Waals surface area contributed by atoms with E-state index in [2.05, 4.69) is 4.90 Å². The van der Waals surface area contributed by atoms with E-state index in [0.717, 1.165) is 28.2 Å². The van der Waals surface area contributed by atoms with Crippen molar-refractivity contribution in [1.82, 2.24) is 0 Å². The van der Waals surface area contributed by atoms with Gasteiger partial charge in [-0.15, -0.1) is 0 Å². The molecular weight excluding hydrogens is 400 g/mol. The number of hydrogen-bond donors (Lipinski definition) is 2. The molecule has 6 heteroatoms. The van der Waals surface area contributed by atoms with E-state index in [4.69, 9.17) is 11.5 Å². The number of nitro groups is 1. The molecule has 0 saturated carbocycles. The summed E-state index contributed by atoms with van der Waals surface area (Å²) in [6.07, 6.45) is 3.90. The van der Waals surface area contributed by atoms with Crippen molar-refractivity contribution >= 4 is 46.3 Å². The monoisotopic (exact) mass is 422 g/mol. The van der Waals surface area contributed by atoms with Gasteiger partial charge in [0.2, 0.25) is 0 Å². The first-order chi connectivity index (χ1) is 15.5. The Morgan fingerprint density at radius 3 is 1.31 bits per heavy atom. The van der Waals surface area contributed by atoms with Gasteiger partial charge in [0.25, 0.3) is 5.69 Å². The lowest BCUT2D eigenvalue weighted by atomic mass is 10.1. The highest BCUT2D eigenvalue weighted by molar-refractivity contribution is 5.79. The quantitative estimate of drug-likeness (QED) is 0.162. The third-order valence-electron chi connectivity index (χ3n) is 5.03. The summed E-state index contributed by atoms with van der Waals surface area (Å²) in [5.41, 5.74) is 18.1. The average Bonchev–Trinajstić information content (AvgIpc) is 2.81. The van der Waals surface area contributed by atoms with Crippen molar-refractivity contribution in [3.05, 3.63) is 118 Å². The second-order valence-electron chi connectivity index (χ2n) is 7.29. The Balaban J connectivity index is 1.60.